The summed E-state index contributed by atoms with van der Waals surface area (Å²) < 4.78 is 11.8. The average Bonchev–Trinajstić information content (AvgIpc) is 2.75. The van der Waals surface area contributed by atoms with Gasteiger partial charge in [0.05, 0.1) is 43.4 Å². The van der Waals surface area contributed by atoms with E-state index in [1.807, 2.05) is 30.3 Å². The zero-order chi connectivity index (χ0) is 19.3. The molecule has 2 aliphatic rings. The molecule has 0 unspecified atom stereocenters. The van der Waals surface area contributed by atoms with Crippen LogP contribution < -0.4 is 15.1 Å². The van der Waals surface area contributed by atoms with E-state index in [0.29, 0.717) is 18.8 Å². The van der Waals surface area contributed by atoms with Gasteiger partial charge in [0.25, 0.3) is 5.91 Å². The van der Waals surface area contributed by atoms with E-state index in [-0.39, 0.29) is 5.91 Å². The second kappa shape index (κ2) is 8.94. The summed E-state index contributed by atoms with van der Waals surface area (Å²) in [6, 6.07) is 13.7. The number of hydrogen-bond donors (Lipinski definition) is 1. The molecule has 2 fully saturated rings. The van der Waals surface area contributed by atoms with E-state index < -0.39 is 0 Å². The topological polar surface area (TPSA) is 54.0 Å². The molecule has 2 aromatic rings. The van der Waals surface area contributed by atoms with Gasteiger partial charge in [-0.05, 0) is 46.3 Å². The highest BCUT2D eigenvalue weighted by atomic mass is 79.9. The van der Waals surface area contributed by atoms with Crippen molar-refractivity contribution in [3.8, 4) is 0 Å². The van der Waals surface area contributed by atoms with E-state index in [2.05, 4.69) is 43.2 Å². The highest BCUT2D eigenvalue weighted by Gasteiger charge is 2.20. The molecule has 6 nitrogen and oxygen atoms in total. The molecular weight excluding hydrogens is 422 g/mol. The molecule has 2 heterocycles. The van der Waals surface area contributed by atoms with Gasteiger partial charge in [0.15, 0.2) is 0 Å². The van der Waals surface area contributed by atoms with Crippen molar-refractivity contribution in [1.29, 1.82) is 0 Å². The maximum atomic E-state index is 12.8. The molecular formula is C21H24BrN3O3. The van der Waals surface area contributed by atoms with E-state index in [4.69, 9.17) is 9.47 Å². The van der Waals surface area contributed by atoms with Crippen molar-refractivity contribution in [2.75, 3.05) is 67.7 Å². The summed E-state index contributed by atoms with van der Waals surface area (Å²) in [5.74, 6) is -0.124. The standard InChI is InChI=1S/C21H24BrN3O3/c22-18-4-2-1-3-17(18)21(26)23-19-6-5-16(24-7-11-27-12-8-24)15-20(19)25-9-13-28-14-10-25/h1-6,15H,7-14H2,(H,23,26). The number of rotatable bonds is 4. The molecule has 0 saturated carbocycles. The number of benzene rings is 2. The largest absolute Gasteiger partial charge is 0.378 e. The van der Waals surface area contributed by atoms with Gasteiger partial charge in [0.1, 0.15) is 0 Å². The first-order valence-corrected chi connectivity index (χ1v) is 10.4. The number of halogens is 1. The lowest BCUT2D eigenvalue weighted by molar-refractivity contribution is 0.102. The number of carbonyl (C=O) groups is 1. The van der Waals surface area contributed by atoms with Crippen LogP contribution in [0.3, 0.4) is 0 Å². The number of nitrogens with zero attached hydrogens (tertiary/aromatic N) is 2. The summed E-state index contributed by atoms with van der Waals surface area (Å²) >= 11 is 3.46. The van der Waals surface area contributed by atoms with Crippen LogP contribution in [-0.2, 0) is 9.47 Å². The minimum Gasteiger partial charge on any atom is -0.378 e. The van der Waals surface area contributed by atoms with Crippen LogP contribution in [0.1, 0.15) is 10.4 Å². The van der Waals surface area contributed by atoms with Crippen LogP contribution in [0.4, 0.5) is 17.1 Å². The summed E-state index contributed by atoms with van der Waals surface area (Å²) in [6.07, 6.45) is 0. The van der Waals surface area contributed by atoms with Gasteiger partial charge < -0.3 is 24.6 Å². The second-order valence-electron chi connectivity index (χ2n) is 6.83. The van der Waals surface area contributed by atoms with Crippen molar-refractivity contribution in [1.82, 2.24) is 0 Å². The molecule has 2 saturated heterocycles. The lowest BCUT2D eigenvalue weighted by atomic mass is 10.1. The third kappa shape index (κ3) is 4.32. The number of nitrogens with one attached hydrogen (secondary N) is 1. The van der Waals surface area contributed by atoms with E-state index in [9.17, 15) is 4.79 Å². The van der Waals surface area contributed by atoms with Crippen molar-refractivity contribution in [3.63, 3.8) is 0 Å². The summed E-state index contributed by atoms with van der Waals surface area (Å²) in [4.78, 5) is 17.5. The van der Waals surface area contributed by atoms with Crippen LogP contribution >= 0.6 is 15.9 Å². The van der Waals surface area contributed by atoms with Gasteiger partial charge >= 0.3 is 0 Å². The third-order valence-corrected chi connectivity index (χ3v) is 5.77. The van der Waals surface area contributed by atoms with Crippen molar-refractivity contribution in [3.05, 3.63) is 52.5 Å². The minimum atomic E-state index is -0.124. The first kappa shape index (κ1) is 19.2. The highest BCUT2D eigenvalue weighted by molar-refractivity contribution is 9.10. The molecule has 0 aromatic heterocycles. The van der Waals surface area contributed by atoms with Crippen molar-refractivity contribution < 1.29 is 14.3 Å². The molecule has 2 aromatic carbocycles. The Morgan fingerprint density at radius 1 is 0.893 bits per heavy atom. The Balaban J connectivity index is 1.63. The molecule has 0 radical (unpaired) electrons. The highest BCUT2D eigenvalue weighted by Crippen LogP contribution is 2.33. The number of amides is 1. The summed E-state index contributed by atoms with van der Waals surface area (Å²) in [7, 11) is 0. The van der Waals surface area contributed by atoms with Gasteiger partial charge in [-0.1, -0.05) is 12.1 Å². The molecule has 0 bridgehead atoms. The predicted molar refractivity (Wildman–Crippen MR) is 115 cm³/mol. The lowest BCUT2D eigenvalue weighted by Crippen LogP contribution is -2.38. The van der Waals surface area contributed by atoms with Gasteiger partial charge in [0, 0.05) is 36.3 Å². The quantitative estimate of drug-likeness (QED) is 0.781. The van der Waals surface area contributed by atoms with Crippen LogP contribution in [0.5, 0.6) is 0 Å². The molecule has 148 valence electrons. The molecule has 0 atom stereocenters. The Morgan fingerprint density at radius 2 is 1.54 bits per heavy atom. The Morgan fingerprint density at radius 3 is 2.21 bits per heavy atom. The number of carbonyl (C=O) groups excluding carboxylic acids is 1. The van der Waals surface area contributed by atoms with Gasteiger partial charge in [-0.25, -0.2) is 0 Å². The van der Waals surface area contributed by atoms with Crippen molar-refractivity contribution in [2.45, 2.75) is 0 Å². The van der Waals surface area contributed by atoms with Crippen molar-refractivity contribution >= 4 is 38.9 Å². The number of ether oxygens (including phenoxy) is 2. The maximum absolute atomic E-state index is 12.8. The molecule has 1 N–H and O–H groups in total. The third-order valence-electron chi connectivity index (χ3n) is 5.08. The summed E-state index contributed by atoms with van der Waals surface area (Å²) in [5, 5.41) is 3.10. The zero-order valence-corrected chi connectivity index (χ0v) is 17.3. The molecule has 0 spiro atoms. The summed E-state index contributed by atoms with van der Waals surface area (Å²) in [5.41, 5.74) is 3.63. The van der Waals surface area contributed by atoms with Gasteiger partial charge in [-0.3, -0.25) is 4.79 Å². The van der Waals surface area contributed by atoms with Gasteiger partial charge in [-0.15, -0.1) is 0 Å². The van der Waals surface area contributed by atoms with Gasteiger partial charge in [0.2, 0.25) is 0 Å². The maximum Gasteiger partial charge on any atom is 0.256 e. The Hall–Kier alpha value is -2.09. The molecule has 2 aliphatic heterocycles. The van der Waals surface area contributed by atoms with Crippen LogP contribution in [-0.4, -0.2) is 58.5 Å². The van der Waals surface area contributed by atoms with Crippen LogP contribution in [0.2, 0.25) is 0 Å². The minimum absolute atomic E-state index is 0.124. The van der Waals surface area contributed by atoms with Crippen molar-refractivity contribution in [2.24, 2.45) is 0 Å². The zero-order valence-electron chi connectivity index (χ0n) is 15.7. The second-order valence-corrected chi connectivity index (χ2v) is 7.69. The fourth-order valence-corrected chi connectivity index (χ4v) is 4.01. The lowest BCUT2D eigenvalue weighted by Gasteiger charge is -2.33. The van der Waals surface area contributed by atoms with Gasteiger partial charge in [-0.2, -0.15) is 0 Å². The van der Waals surface area contributed by atoms with E-state index >= 15 is 0 Å². The molecule has 28 heavy (non-hydrogen) atoms. The SMILES string of the molecule is O=C(Nc1ccc(N2CCOCC2)cc1N1CCOCC1)c1ccccc1Br. The fourth-order valence-electron chi connectivity index (χ4n) is 3.54. The van der Waals surface area contributed by atoms with Crippen LogP contribution in [0, 0.1) is 0 Å². The first-order chi connectivity index (χ1) is 13.7. The van der Waals surface area contributed by atoms with E-state index in [1.54, 1.807) is 0 Å². The molecule has 4 rings (SSSR count). The Labute approximate surface area is 173 Å². The Kier molecular flexibility index (Phi) is 6.14. The predicted octanol–water partition coefficient (Wildman–Crippen LogP) is 3.37. The fraction of sp³-hybridized carbons (Fsp3) is 0.381. The van der Waals surface area contributed by atoms with E-state index in [0.717, 1.165) is 60.9 Å². The number of hydrogen-bond acceptors (Lipinski definition) is 5. The van der Waals surface area contributed by atoms with Crippen LogP contribution in [0.25, 0.3) is 0 Å². The van der Waals surface area contributed by atoms with Crippen LogP contribution in [0.15, 0.2) is 46.9 Å². The average molecular weight is 446 g/mol. The Bertz CT molecular complexity index is 833. The number of anilines is 3. The normalized spacial score (nSPS) is 17.5. The number of morpholine rings is 2. The molecule has 7 heteroatoms. The summed E-state index contributed by atoms with van der Waals surface area (Å²) in [6.45, 7) is 6.25. The first-order valence-electron chi connectivity index (χ1n) is 9.58. The molecule has 1 amide bonds. The van der Waals surface area contributed by atoms with E-state index in [1.165, 1.54) is 0 Å². The monoisotopic (exact) mass is 445 g/mol. The smallest absolute Gasteiger partial charge is 0.256 e. The molecule has 0 aliphatic carbocycles.